The zero-order chi connectivity index (χ0) is 16.7. The molecule has 0 saturated heterocycles. The van der Waals surface area contributed by atoms with Crippen LogP contribution in [-0.2, 0) is 4.74 Å². The summed E-state index contributed by atoms with van der Waals surface area (Å²) in [5, 5.41) is 2.70. The van der Waals surface area contributed by atoms with E-state index < -0.39 is 12.2 Å². The second-order valence-corrected chi connectivity index (χ2v) is 4.84. The molecule has 0 saturated carbocycles. The van der Waals surface area contributed by atoms with Crippen molar-refractivity contribution in [1.29, 1.82) is 0 Å². The molecule has 5 heteroatoms. The SMILES string of the molecule is CCC(NC(=O)c1ccccc1)OC(=O)c1ccccc1OC. The molecular formula is C18H19NO4. The van der Waals surface area contributed by atoms with Gasteiger partial charge in [-0.25, -0.2) is 4.79 Å². The van der Waals surface area contributed by atoms with E-state index in [9.17, 15) is 9.59 Å². The summed E-state index contributed by atoms with van der Waals surface area (Å²) in [7, 11) is 1.49. The molecule has 0 aliphatic carbocycles. The molecule has 0 aliphatic rings. The number of hydrogen-bond acceptors (Lipinski definition) is 4. The van der Waals surface area contributed by atoms with Gasteiger partial charge < -0.3 is 14.8 Å². The summed E-state index contributed by atoms with van der Waals surface area (Å²) in [6, 6.07) is 15.6. The number of methoxy groups -OCH3 is 1. The van der Waals surface area contributed by atoms with Gasteiger partial charge in [0.2, 0.25) is 0 Å². The molecule has 1 atom stereocenters. The van der Waals surface area contributed by atoms with Crippen LogP contribution < -0.4 is 10.1 Å². The Balaban J connectivity index is 2.04. The van der Waals surface area contributed by atoms with E-state index in [2.05, 4.69) is 5.32 Å². The van der Waals surface area contributed by atoms with Gasteiger partial charge in [-0.15, -0.1) is 0 Å². The molecule has 23 heavy (non-hydrogen) atoms. The van der Waals surface area contributed by atoms with E-state index in [0.717, 1.165) is 0 Å². The Morgan fingerprint density at radius 1 is 1.04 bits per heavy atom. The standard InChI is InChI=1S/C18H19NO4/c1-3-16(19-17(20)13-9-5-4-6-10-13)23-18(21)14-11-7-8-12-15(14)22-2/h4-12,16H,3H2,1-2H3,(H,19,20). The van der Waals surface area contributed by atoms with Gasteiger partial charge >= 0.3 is 5.97 Å². The maximum Gasteiger partial charge on any atom is 0.343 e. The Hall–Kier alpha value is -2.82. The molecule has 0 aromatic heterocycles. The van der Waals surface area contributed by atoms with Crippen molar-refractivity contribution >= 4 is 11.9 Å². The van der Waals surface area contributed by atoms with Crippen molar-refractivity contribution in [1.82, 2.24) is 5.32 Å². The van der Waals surface area contributed by atoms with Crippen molar-refractivity contribution in [2.75, 3.05) is 7.11 Å². The minimum atomic E-state index is -0.708. The van der Waals surface area contributed by atoms with Crippen LogP contribution in [0.25, 0.3) is 0 Å². The van der Waals surface area contributed by atoms with E-state index in [1.54, 1.807) is 48.5 Å². The molecule has 0 aliphatic heterocycles. The largest absolute Gasteiger partial charge is 0.496 e. The highest BCUT2D eigenvalue weighted by molar-refractivity contribution is 5.95. The van der Waals surface area contributed by atoms with E-state index in [-0.39, 0.29) is 5.91 Å². The average Bonchev–Trinajstić information content (AvgIpc) is 2.61. The summed E-state index contributed by atoms with van der Waals surface area (Å²) in [4.78, 5) is 24.4. The van der Waals surface area contributed by atoms with Gasteiger partial charge in [-0.2, -0.15) is 0 Å². The van der Waals surface area contributed by atoms with E-state index in [1.807, 2.05) is 13.0 Å². The number of ether oxygens (including phenoxy) is 2. The van der Waals surface area contributed by atoms with Crippen molar-refractivity contribution < 1.29 is 19.1 Å². The lowest BCUT2D eigenvalue weighted by Gasteiger charge is -2.18. The van der Waals surface area contributed by atoms with Gasteiger partial charge in [0.05, 0.1) is 7.11 Å². The first kappa shape index (κ1) is 16.5. The van der Waals surface area contributed by atoms with Crippen LogP contribution in [0.5, 0.6) is 5.75 Å². The molecule has 0 fully saturated rings. The highest BCUT2D eigenvalue weighted by Gasteiger charge is 2.19. The number of benzene rings is 2. The minimum absolute atomic E-state index is 0.287. The zero-order valence-corrected chi connectivity index (χ0v) is 13.1. The maximum atomic E-state index is 12.3. The molecule has 0 bridgehead atoms. The van der Waals surface area contributed by atoms with Crippen molar-refractivity contribution in [3.05, 3.63) is 65.7 Å². The first-order chi connectivity index (χ1) is 11.2. The summed E-state index contributed by atoms with van der Waals surface area (Å²) in [6.07, 6.45) is -0.250. The van der Waals surface area contributed by atoms with Gasteiger partial charge in [-0.05, 0) is 24.3 Å². The molecule has 120 valence electrons. The second-order valence-electron chi connectivity index (χ2n) is 4.84. The molecule has 1 amide bonds. The number of nitrogens with one attached hydrogen (secondary N) is 1. The summed E-state index contributed by atoms with van der Waals surface area (Å²) < 4.78 is 10.5. The number of carbonyl (C=O) groups is 2. The number of hydrogen-bond donors (Lipinski definition) is 1. The lowest BCUT2D eigenvalue weighted by atomic mass is 10.2. The van der Waals surface area contributed by atoms with Crippen molar-refractivity contribution in [3.8, 4) is 5.75 Å². The third kappa shape index (κ3) is 4.32. The topological polar surface area (TPSA) is 64.6 Å². The monoisotopic (exact) mass is 313 g/mol. The molecule has 0 radical (unpaired) electrons. The smallest absolute Gasteiger partial charge is 0.343 e. The first-order valence-electron chi connectivity index (χ1n) is 7.35. The van der Waals surface area contributed by atoms with Crippen LogP contribution in [0.4, 0.5) is 0 Å². The van der Waals surface area contributed by atoms with E-state index in [0.29, 0.717) is 23.3 Å². The molecule has 0 spiro atoms. The predicted molar refractivity (Wildman–Crippen MR) is 86.4 cm³/mol. The van der Waals surface area contributed by atoms with E-state index in [4.69, 9.17) is 9.47 Å². The molecule has 1 unspecified atom stereocenters. The van der Waals surface area contributed by atoms with Gasteiger partial charge in [0.1, 0.15) is 11.3 Å². The summed E-state index contributed by atoms with van der Waals surface area (Å²) in [6.45, 7) is 1.82. The molecule has 2 aromatic rings. The number of para-hydroxylation sites is 1. The Morgan fingerprint density at radius 2 is 1.70 bits per heavy atom. The molecule has 0 heterocycles. The minimum Gasteiger partial charge on any atom is -0.496 e. The van der Waals surface area contributed by atoms with Crippen LogP contribution in [0.1, 0.15) is 34.1 Å². The molecule has 2 rings (SSSR count). The van der Waals surface area contributed by atoms with Crippen molar-refractivity contribution in [2.45, 2.75) is 19.6 Å². The molecule has 5 nitrogen and oxygen atoms in total. The first-order valence-corrected chi connectivity index (χ1v) is 7.35. The second kappa shape index (κ2) is 7.98. The lowest BCUT2D eigenvalue weighted by Crippen LogP contribution is -2.38. The Labute approximate surface area is 135 Å². The summed E-state index contributed by atoms with van der Waals surface area (Å²) >= 11 is 0. The van der Waals surface area contributed by atoms with Crippen LogP contribution in [0.15, 0.2) is 54.6 Å². The molecule has 2 aromatic carbocycles. The van der Waals surface area contributed by atoms with Gasteiger partial charge in [0, 0.05) is 12.0 Å². The number of esters is 1. The van der Waals surface area contributed by atoms with E-state index >= 15 is 0 Å². The van der Waals surface area contributed by atoms with Gasteiger partial charge in [0.15, 0.2) is 6.23 Å². The number of amides is 1. The highest BCUT2D eigenvalue weighted by Crippen LogP contribution is 2.19. The Kier molecular flexibility index (Phi) is 5.74. The van der Waals surface area contributed by atoms with Gasteiger partial charge in [0.25, 0.3) is 5.91 Å². The Bertz CT molecular complexity index is 670. The third-order valence-electron chi connectivity index (χ3n) is 3.28. The van der Waals surface area contributed by atoms with Crippen molar-refractivity contribution in [3.63, 3.8) is 0 Å². The normalized spacial score (nSPS) is 11.4. The quantitative estimate of drug-likeness (QED) is 0.657. The van der Waals surface area contributed by atoms with Crippen LogP contribution >= 0.6 is 0 Å². The molecule has 1 N–H and O–H groups in total. The van der Waals surface area contributed by atoms with Crippen molar-refractivity contribution in [2.24, 2.45) is 0 Å². The fourth-order valence-electron chi connectivity index (χ4n) is 2.04. The van der Waals surface area contributed by atoms with Crippen LogP contribution in [0, 0.1) is 0 Å². The lowest BCUT2D eigenvalue weighted by molar-refractivity contribution is 0.0204. The van der Waals surface area contributed by atoms with Gasteiger partial charge in [-0.3, -0.25) is 4.79 Å². The van der Waals surface area contributed by atoms with Gasteiger partial charge in [-0.1, -0.05) is 37.3 Å². The van der Waals surface area contributed by atoms with Crippen LogP contribution in [-0.4, -0.2) is 25.2 Å². The fourth-order valence-corrected chi connectivity index (χ4v) is 2.04. The maximum absolute atomic E-state index is 12.3. The highest BCUT2D eigenvalue weighted by atomic mass is 16.6. The third-order valence-corrected chi connectivity index (χ3v) is 3.28. The molecular weight excluding hydrogens is 294 g/mol. The van der Waals surface area contributed by atoms with Crippen LogP contribution in [0.3, 0.4) is 0 Å². The Morgan fingerprint density at radius 3 is 2.35 bits per heavy atom. The summed E-state index contributed by atoms with van der Waals surface area (Å²) in [5.41, 5.74) is 0.835. The number of carbonyl (C=O) groups excluding carboxylic acids is 2. The fraction of sp³-hybridized carbons (Fsp3) is 0.222. The zero-order valence-electron chi connectivity index (χ0n) is 13.1. The summed E-state index contributed by atoms with van der Waals surface area (Å²) in [5.74, 6) is -0.394. The average molecular weight is 313 g/mol. The van der Waals surface area contributed by atoms with E-state index in [1.165, 1.54) is 7.11 Å². The number of rotatable bonds is 6. The van der Waals surface area contributed by atoms with Crippen LogP contribution in [0.2, 0.25) is 0 Å². The predicted octanol–water partition coefficient (Wildman–Crippen LogP) is 3.02.